The molecular weight excluding hydrogens is 187 g/mol. The number of nitrogens with zero attached hydrogens (tertiary/aromatic N) is 1. The van der Waals surface area contributed by atoms with Gasteiger partial charge in [-0.2, -0.15) is 0 Å². The molecule has 0 aliphatic heterocycles. The normalized spacial score (nSPS) is 9.50. The van der Waals surface area contributed by atoms with Crippen LogP contribution in [0, 0.1) is 0 Å². The highest BCUT2D eigenvalue weighted by molar-refractivity contribution is 5.96. The molecule has 0 spiro atoms. The van der Waals surface area contributed by atoms with E-state index in [1.165, 1.54) is 24.5 Å². The molecule has 1 aromatic rings. The van der Waals surface area contributed by atoms with Crippen LogP contribution >= 0.6 is 0 Å². The van der Waals surface area contributed by atoms with Crippen LogP contribution in [0.3, 0.4) is 0 Å². The Morgan fingerprint density at radius 1 is 1.36 bits per heavy atom. The van der Waals surface area contributed by atoms with Gasteiger partial charge in [-0.15, -0.1) is 0 Å². The number of alkyl halides is 1. The van der Waals surface area contributed by atoms with Crippen LogP contribution in [-0.4, -0.2) is 29.9 Å². The maximum atomic E-state index is 11.7. The third-order valence-corrected chi connectivity index (χ3v) is 1.54. The lowest BCUT2D eigenvalue weighted by Gasteiger charge is -2.01. The topological polar surface area (TPSA) is 59.1 Å². The van der Waals surface area contributed by atoms with Gasteiger partial charge in [0.2, 0.25) is 0 Å². The number of amides is 1. The summed E-state index contributed by atoms with van der Waals surface area (Å²) in [5.41, 5.74) is 0.395. The van der Waals surface area contributed by atoms with E-state index < -0.39 is 18.4 Å². The molecule has 74 valence electrons. The summed E-state index contributed by atoms with van der Waals surface area (Å²) in [6, 6.07) is 3.02. The number of carbonyl (C=O) groups excluding carboxylic acids is 2. The van der Waals surface area contributed by atoms with Crippen molar-refractivity contribution in [1.29, 1.82) is 0 Å². The molecule has 1 rings (SSSR count). The lowest BCUT2D eigenvalue weighted by Crippen LogP contribution is -2.30. The van der Waals surface area contributed by atoms with Crippen LogP contribution in [0.25, 0.3) is 0 Å². The number of hydrogen-bond acceptors (Lipinski definition) is 3. The highest BCUT2D eigenvalue weighted by atomic mass is 19.1. The number of Topliss-reactive ketones (excluding diaryl/α,β-unsaturated/α-hetero) is 1. The molecule has 1 aromatic heterocycles. The Balaban J connectivity index is 2.48. The Morgan fingerprint density at radius 2 is 2.00 bits per heavy atom. The van der Waals surface area contributed by atoms with Crippen LogP contribution in [0.15, 0.2) is 24.5 Å². The van der Waals surface area contributed by atoms with Gasteiger partial charge in [-0.1, -0.05) is 0 Å². The molecule has 0 aromatic carbocycles. The smallest absolute Gasteiger partial charge is 0.251 e. The lowest BCUT2D eigenvalue weighted by molar-refractivity contribution is -0.118. The van der Waals surface area contributed by atoms with Crippen LogP contribution in [0.2, 0.25) is 0 Å². The SMILES string of the molecule is O=C(CF)CNC(=O)c1ccncc1. The Labute approximate surface area is 80.1 Å². The molecule has 0 unspecified atom stereocenters. The quantitative estimate of drug-likeness (QED) is 0.755. The van der Waals surface area contributed by atoms with Gasteiger partial charge < -0.3 is 5.32 Å². The molecule has 0 radical (unpaired) electrons. The van der Waals surface area contributed by atoms with Crippen LogP contribution in [0.5, 0.6) is 0 Å². The number of aromatic nitrogens is 1. The zero-order valence-corrected chi connectivity index (χ0v) is 7.37. The van der Waals surface area contributed by atoms with Crippen molar-refractivity contribution in [2.75, 3.05) is 13.2 Å². The van der Waals surface area contributed by atoms with Gasteiger partial charge in [-0.05, 0) is 12.1 Å². The van der Waals surface area contributed by atoms with Gasteiger partial charge in [0, 0.05) is 18.0 Å². The number of hydrogen-bond donors (Lipinski definition) is 1. The number of halogens is 1. The van der Waals surface area contributed by atoms with Gasteiger partial charge in [0.15, 0.2) is 5.78 Å². The number of rotatable bonds is 4. The lowest BCUT2D eigenvalue weighted by atomic mass is 10.2. The molecule has 1 N–H and O–H groups in total. The molecule has 5 heteroatoms. The number of pyridine rings is 1. The maximum absolute atomic E-state index is 11.7. The third kappa shape index (κ3) is 2.93. The summed E-state index contributed by atoms with van der Waals surface area (Å²) in [6.45, 7) is -1.34. The maximum Gasteiger partial charge on any atom is 0.251 e. The number of nitrogens with one attached hydrogen (secondary N) is 1. The molecule has 1 heterocycles. The van der Waals surface area contributed by atoms with Crippen molar-refractivity contribution in [3.05, 3.63) is 30.1 Å². The molecule has 1 amide bonds. The summed E-state index contributed by atoms with van der Waals surface area (Å²) in [6.07, 6.45) is 2.93. The van der Waals surface area contributed by atoms with E-state index in [1.54, 1.807) is 0 Å². The van der Waals surface area contributed by atoms with Crippen molar-refractivity contribution < 1.29 is 14.0 Å². The monoisotopic (exact) mass is 196 g/mol. The predicted molar refractivity (Wildman–Crippen MR) is 47.6 cm³/mol. The zero-order chi connectivity index (χ0) is 10.4. The molecule has 0 aliphatic rings. The first kappa shape index (κ1) is 10.3. The van der Waals surface area contributed by atoms with Gasteiger partial charge in [-0.25, -0.2) is 4.39 Å². The Bertz CT molecular complexity index is 327. The average molecular weight is 196 g/mol. The van der Waals surface area contributed by atoms with E-state index in [9.17, 15) is 14.0 Å². The van der Waals surface area contributed by atoms with E-state index in [2.05, 4.69) is 10.3 Å². The van der Waals surface area contributed by atoms with Crippen LogP contribution in [0.4, 0.5) is 4.39 Å². The predicted octanol–water partition coefficient (Wildman–Crippen LogP) is 0.350. The van der Waals surface area contributed by atoms with Gasteiger partial charge >= 0.3 is 0 Å². The molecular formula is C9H9FN2O2. The first-order valence-electron chi connectivity index (χ1n) is 4.00. The highest BCUT2D eigenvalue weighted by Crippen LogP contribution is 1.94. The summed E-state index contributed by atoms with van der Waals surface area (Å²) < 4.78 is 11.7. The average Bonchev–Trinajstić information content (AvgIpc) is 2.26. The van der Waals surface area contributed by atoms with Crippen molar-refractivity contribution in [2.24, 2.45) is 0 Å². The second-order valence-corrected chi connectivity index (χ2v) is 2.59. The highest BCUT2D eigenvalue weighted by Gasteiger charge is 2.06. The fourth-order valence-corrected chi connectivity index (χ4v) is 0.831. The summed E-state index contributed by atoms with van der Waals surface area (Å²) in [5, 5.41) is 2.29. The fourth-order valence-electron chi connectivity index (χ4n) is 0.831. The minimum atomic E-state index is -1.06. The van der Waals surface area contributed by atoms with Crippen LogP contribution in [0.1, 0.15) is 10.4 Å². The van der Waals surface area contributed by atoms with Crippen LogP contribution < -0.4 is 5.32 Å². The first-order chi connectivity index (χ1) is 6.74. The van der Waals surface area contributed by atoms with Crippen molar-refractivity contribution in [1.82, 2.24) is 10.3 Å². The standard InChI is InChI=1S/C9H9FN2O2/c10-5-8(13)6-12-9(14)7-1-3-11-4-2-7/h1-4H,5-6H2,(H,12,14). The molecule has 0 fully saturated rings. The van der Waals surface area contributed by atoms with E-state index in [1.807, 2.05) is 0 Å². The Morgan fingerprint density at radius 3 is 2.57 bits per heavy atom. The second-order valence-electron chi connectivity index (χ2n) is 2.59. The van der Waals surface area contributed by atoms with Crippen LogP contribution in [-0.2, 0) is 4.79 Å². The van der Waals surface area contributed by atoms with Crippen molar-refractivity contribution in [2.45, 2.75) is 0 Å². The Kier molecular flexibility index (Phi) is 3.72. The first-order valence-corrected chi connectivity index (χ1v) is 4.00. The summed E-state index contributed by atoms with van der Waals surface area (Å²) in [4.78, 5) is 25.5. The Hall–Kier alpha value is -1.78. The molecule has 14 heavy (non-hydrogen) atoms. The van der Waals surface area contributed by atoms with Gasteiger partial charge in [0.05, 0.1) is 6.54 Å². The minimum Gasteiger partial charge on any atom is -0.345 e. The molecule has 0 atom stereocenters. The molecule has 0 bridgehead atoms. The van der Waals surface area contributed by atoms with Crippen molar-refractivity contribution in [3.63, 3.8) is 0 Å². The number of carbonyl (C=O) groups is 2. The van der Waals surface area contributed by atoms with Gasteiger partial charge in [-0.3, -0.25) is 14.6 Å². The second kappa shape index (κ2) is 5.06. The van der Waals surface area contributed by atoms with E-state index >= 15 is 0 Å². The van der Waals surface area contributed by atoms with E-state index in [0.29, 0.717) is 5.56 Å². The van der Waals surface area contributed by atoms with Gasteiger partial charge in [0.1, 0.15) is 6.67 Å². The van der Waals surface area contributed by atoms with E-state index in [0.717, 1.165) is 0 Å². The molecule has 0 saturated carbocycles. The third-order valence-electron chi connectivity index (χ3n) is 1.54. The molecule has 0 aliphatic carbocycles. The minimum absolute atomic E-state index is 0.280. The fraction of sp³-hybridized carbons (Fsp3) is 0.222. The molecule has 0 saturated heterocycles. The summed E-state index contributed by atoms with van der Waals surface area (Å²) in [7, 11) is 0. The van der Waals surface area contributed by atoms with Crippen molar-refractivity contribution >= 4 is 11.7 Å². The zero-order valence-electron chi connectivity index (χ0n) is 7.37. The van der Waals surface area contributed by atoms with Gasteiger partial charge in [0.25, 0.3) is 5.91 Å². The summed E-state index contributed by atoms with van der Waals surface area (Å²) >= 11 is 0. The van der Waals surface area contributed by atoms with Crippen molar-refractivity contribution in [3.8, 4) is 0 Å². The largest absolute Gasteiger partial charge is 0.345 e. The van der Waals surface area contributed by atoms with E-state index in [4.69, 9.17) is 0 Å². The van der Waals surface area contributed by atoms with E-state index in [-0.39, 0.29) is 6.54 Å². The number of ketones is 1. The molecule has 4 nitrogen and oxygen atoms in total. The summed E-state index contributed by atoms with van der Waals surface area (Å²) in [5.74, 6) is -1.05.